The van der Waals surface area contributed by atoms with Gasteiger partial charge >= 0.3 is 0 Å². The maximum absolute atomic E-state index is 11.3. The van der Waals surface area contributed by atoms with Crippen LogP contribution in [0.2, 0.25) is 0 Å². The lowest BCUT2D eigenvalue weighted by Gasteiger charge is -2.29. The van der Waals surface area contributed by atoms with Crippen LogP contribution in [-0.2, 0) is 4.79 Å². The van der Waals surface area contributed by atoms with Crippen molar-refractivity contribution in [2.75, 3.05) is 6.61 Å². The summed E-state index contributed by atoms with van der Waals surface area (Å²) in [6, 6.07) is 3.90. The molecule has 2 N–H and O–H groups in total. The van der Waals surface area contributed by atoms with E-state index in [0.29, 0.717) is 6.61 Å². The van der Waals surface area contributed by atoms with Gasteiger partial charge in [0, 0.05) is 18.9 Å². The van der Waals surface area contributed by atoms with E-state index >= 15 is 0 Å². The Morgan fingerprint density at radius 3 is 2.75 bits per heavy atom. The van der Waals surface area contributed by atoms with Crippen molar-refractivity contribution in [2.45, 2.75) is 46.3 Å². The second-order valence-electron chi connectivity index (χ2n) is 5.84. The topological polar surface area (TPSA) is 58.6 Å². The van der Waals surface area contributed by atoms with E-state index < -0.39 is 6.10 Å². The number of carbonyl (C=O) groups excluding carboxylic acids is 1. The number of benzene rings is 1. The molecular weight excluding hydrogens is 254 g/mol. The molecule has 0 spiro atoms. The zero-order valence-corrected chi connectivity index (χ0v) is 12.6. The first-order chi connectivity index (χ1) is 9.40. The van der Waals surface area contributed by atoms with Crippen molar-refractivity contribution >= 4 is 5.91 Å². The number of carbonyl (C=O) groups is 1. The van der Waals surface area contributed by atoms with Crippen LogP contribution in [-0.4, -0.2) is 17.6 Å². The molecule has 0 fully saturated rings. The summed E-state index contributed by atoms with van der Waals surface area (Å²) in [7, 11) is 0. The molecule has 2 unspecified atom stereocenters. The molecular formula is C16H23NO3. The Bertz CT molecular complexity index is 511. The Labute approximate surface area is 120 Å². The molecule has 1 aliphatic rings. The van der Waals surface area contributed by atoms with Crippen LogP contribution < -0.4 is 10.1 Å². The number of fused-ring (bicyclic) bond motifs is 1. The molecule has 0 radical (unpaired) electrons. The SMILES string of the molecule is CC(=O)NC1CCOc2c(C)cc(C(O)C(C)C)cc21. The highest BCUT2D eigenvalue weighted by Gasteiger charge is 2.26. The summed E-state index contributed by atoms with van der Waals surface area (Å²) < 4.78 is 5.73. The van der Waals surface area contributed by atoms with E-state index in [0.717, 1.165) is 28.9 Å². The minimum atomic E-state index is -0.501. The van der Waals surface area contributed by atoms with Gasteiger partial charge in [-0.25, -0.2) is 0 Å². The van der Waals surface area contributed by atoms with Gasteiger partial charge in [0.15, 0.2) is 0 Å². The van der Waals surface area contributed by atoms with Crippen LogP contribution in [0.3, 0.4) is 0 Å². The third-order valence-corrected chi connectivity index (χ3v) is 3.70. The third kappa shape index (κ3) is 2.96. The van der Waals surface area contributed by atoms with E-state index in [2.05, 4.69) is 5.32 Å². The number of aliphatic hydroxyl groups is 1. The summed E-state index contributed by atoms with van der Waals surface area (Å²) in [5.41, 5.74) is 2.87. The molecule has 110 valence electrons. The van der Waals surface area contributed by atoms with Crippen LogP contribution in [0.4, 0.5) is 0 Å². The molecule has 0 aromatic heterocycles. The average molecular weight is 277 g/mol. The van der Waals surface area contributed by atoms with Gasteiger partial charge in [-0.05, 0) is 36.1 Å². The standard InChI is InChI=1S/C16H23NO3/c1-9(2)15(19)12-7-10(3)16-13(8-12)14(5-6-20-16)17-11(4)18/h7-9,14-15,19H,5-6H2,1-4H3,(H,17,18). The summed E-state index contributed by atoms with van der Waals surface area (Å²) in [5.74, 6) is 0.946. The fourth-order valence-corrected chi connectivity index (χ4v) is 2.67. The number of hydrogen-bond acceptors (Lipinski definition) is 3. The van der Waals surface area contributed by atoms with E-state index in [1.54, 1.807) is 0 Å². The van der Waals surface area contributed by atoms with Crippen molar-refractivity contribution in [2.24, 2.45) is 5.92 Å². The van der Waals surface area contributed by atoms with Gasteiger partial charge < -0.3 is 15.2 Å². The highest BCUT2D eigenvalue weighted by atomic mass is 16.5. The number of aryl methyl sites for hydroxylation is 1. The zero-order valence-electron chi connectivity index (χ0n) is 12.6. The minimum absolute atomic E-state index is 0.0331. The van der Waals surface area contributed by atoms with Gasteiger partial charge in [-0.1, -0.05) is 13.8 Å². The molecule has 4 nitrogen and oxygen atoms in total. The normalized spacial score (nSPS) is 19.2. The van der Waals surface area contributed by atoms with E-state index in [-0.39, 0.29) is 17.9 Å². The molecule has 4 heteroatoms. The molecule has 2 atom stereocenters. The molecule has 1 aromatic rings. The van der Waals surface area contributed by atoms with E-state index in [1.807, 2.05) is 32.9 Å². The molecule has 1 amide bonds. The molecule has 2 rings (SSSR count). The lowest BCUT2D eigenvalue weighted by Crippen LogP contribution is -2.31. The Morgan fingerprint density at radius 2 is 2.15 bits per heavy atom. The first kappa shape index (κ1) is 14.9. The Kier molecular flexibility index (Phi) is 4.33. The number of hydrogen-bond donors (Lipinski definition) is 2. The second-order valence-corrected chi connectivity index (χ2v) is 5.84. The van der Waals surface area contributed by atoms with Gasteiger partial charge in [0.1, 0.15) is 5.75 Å². The molecule has 0 saturated heterocycles. The molecule has 1 aromatic carbocycles. The predicted molar refractivity (Wildman–Crippen MR) is 77.6 cm³/mol. The van der Waals surface area contributed by atoms with Gasteiger partial charge in [0.05, 0.1) is 18.8 Å². The number of aliphatic hydroxyl groups excluding tert-OH is 1. The Balaban J connectivity index is 2.42. The second kappa shape index (κ2) is 5.83. The van der Waals surface area contributed by atoms with Crippen molar-refractivity contribution in [3.63, 3.8) is 0 Å². The third-order valence-electron chi connectivity index (χ3n) is 3.70. The fraction of sp³-hybridized carbons (Fsp3) is 0.562. The van der Waals surface area contributed by atoms with Crippen LogP contribution in [0.25, 0.3) is 0 Å². The van der Waals surface area contributed by atoms with E-state index in [4.69, 9.17) is 4.74 Å². The largest absolute Gasteiger partial charge is 0.493 e. The Morgan fingerprint density at radius 1 is 1.45 bits per heavy atom. The van der Waals surface area contributed by atoms with Gasteiger partial charge in [0.2, 0.25) is 5.91 Å². The van der Waals surface area contributed by atoms with E-state index in [1.165, 1.54) is 6.92 Å². The van der Waals surface area contributed by atoms with Crippen LogP contribution in [0.1, 0.15) is 56.0 Å². The van der Waals surface area contributed by atoms with Crippen molar-refractivity contribution in [3.05, 3.63) is 28.8 Å². The molecule has 1 heterocycles. The molecule has 0 bridgehead atoms. The lowest BCUT2D eigenvalue weighted by atomic mass is 9.91. The molecule has 1 aliphatic heterocycles. The first-order valence-corrected chi connectivity index (χ1v) is 7.12. The fourth-order valence-electron chi connectivity index (χ4n) is 2.67. The van der Waals surface area contributed by atoms with Crippen LogP contribution >= 0.6 is 0 Å². The highest BCUT2D eigenvalue weighted by Crippen LogP contribution is 2.38. The summed E-state index contributed by atoms with van der Waals surface area (Å²) >= 11 is 0. The summed E-state index contributed by atoms with van der Waals surface area (Å²) in [6.07, 6.45) is 0.256. The monoisotopic (exact) mass is 277 g/mol. The molecule has 0 aliphatic carbocycles. The van der Waals surface area contributed by atoms with Crippen molar-refractivity contribution < 1.29 is 14.6 Å². The van der Waals surface area contributed by atoms with Crippen molar-refractivity contribution in [1.29, 1.82) is 0 Å². The molecule has 0 saturated carbocycles. The molecule has 20 heavy (non-hydrogen) atoms. The van der Waals surface area contributed by atoms with Crippen LogP contribution in [0, 0.1) is 12.8 Å². The average Bonchev–Trinajstić information content (AvgIpc) is 2.38. The van der Waals surface area contributed by atoms with Crippen LogP contribution in [0.15, 0.2) is 12.1 Å². The maximum atomic E-state index is 11.3. The van der Waals surface area contributed by atoms with Gasteiger partial charge in [-0.15, -0.1) is 0 Å². The lowest BCUT2D eigenvalue weighted by molar-refractivity contribution is -0.119. The van der Waals surface area contributed by atoms with Crippen molar-refractivity contribution in [3.8, 4) is 5.75 Å². The van der Waals surface area contributed by atoms with Crippen molar-refractivity contribution in [1.82, 2.24) is 5.32 Å². The summed E-state index contributed by atoms with van der Waals surface area (Å²) in [5, 5.41) is 13.2. The first-order valence-electron chi connectivity index (χ1n) is 7.12. The predicted octanol–water partition coefficient (Wildman–Crippen LogP) is 2.64. The van der Waals surface area contributed by atoms with Crippen LogP contribution in [0.5, 0.6) is 5.75 Å². The number of nitrogens with one attached hydrogen (secondary N) is 1. The number of rotatable bonds is 3. The smallest absolute Gasteiger partial charge is 0.217 e. The van der Waals surface area contributed by atoms with Gasteiger partial charge in [0.25, 0.3) is 0 Å². The summed E-state index contributed by atoms with van der Waals surface area (Å²) in [6.45, 7) is 8.08. The quantitative estimate of drug-likeness (QED) is 0.893. The highest BCUT2D eigenvalue weighted by molar-refractivity contribution is 5.73. The number of amides is 1. The van der Waals surface area contributed by atoms with Gasteiger partial charge in [-0.3, -0.25) is 4.79 Å². The van der Waals surface area contributed by atoms with Gasteiger partial charge in [-0.2, -0.15) is 0 Å². The minimum Gasteiger partial charge on any atom is -0.493 e. The zero-order chi connectivity index (χ0) is 14.9. The Hall–Kier alpha value is -1.55. The van der Waals surface area contributed by atoms with E-state index in [9.17, 15) is 9.90 Å². The maximum Gasteiger partial charge on any atom is 0.217 e. The summed E-state index contributed by atoms with van der Waals surface area (Å²) in [4.78, 5) is 11.3. The number of ether oxygens (including phenoxy) is 1.